The van der Waals surface area contributed by atoms with Gasteiger partial charge in [0.15, 0.2) is 8.46 Å². The van der Waals surface area contributed by atoms with Crippen molar-refractivity contribution in [3.8, 4) is 84.6 Å². The predicted molar refractivity (Wildman–Crippen MR) is 322 cm³/mol. The van der Waals surface area contributed by atoms with Crippen molar-refractivity contribution in [2.24, 2.45) is 0 Å². The van der Waals surface area contributed by atoms with Crippen LogP contribution in [0.4, 0.5) is 0 Å². The Labute approximate surface area is 454 Å². The third-order valence-corrected chi connectivity index (χ3v) is 20.9. The van der Waals surface area contributed by atoms with E-state index < -0.39 is 7.37 Å². The Morgan fingerprint density at radius 2 is 0.986 bits per heavy atom. The van der Waals surface area contributed by atoms with Gasteiger partial charge in [-0.05, 0) is 133 Å². The Bertz CT molecular complexity index is 2920. The first-order valence-corrected chi connectivity index (χ1v) is 33.9. The maximum absolute atomic E-state index is 14.0. The third-order valence-electron chi connectivity index (χ3n) is 12.5. The molecular weight excluding hydrogens is 1040 g/mol. The maximum Gasteiger partial charge on any atom is 0.204 e. The summed E-state index contributed by atoms with van der Waals surface area (Å²) in [7, 11) is -0.100. The molecule has 0 radical (unpaired) electrons. The molecule has 13 heteroatoms. The Morgan fingerprint density at radius 3 is 1.53 bits per heavy atom. The molecule has 2 aromatic carbocycles. The van der Waals surface area contributed by atoms with Crippen LogP contribution in [-0.4, -0.2) is 26.5 Å². The molecule has 0 amide bonds. The summed E-state index contributed by atoms with van der Waals surface area (Å²) in [4.78, 5) is 10.2. The van der Waals surface area contributed by atoms with Crippen molar-refractivity contribution < 1.29 is 23.1 Å². The summed E-state index contributed by atoms with van der Waals surface area (Å²) < 4.78 is 46.9. The average molecular weight is 1110 g/mol. The maximum atomic E-state index is 14.0. The Kier molecular flexibility index (Phi) is 22.9. The van der Waals surface area contributed by atoms with Gasteiger partial charge in [0.05, 0.1) is 37.0 Å². The molecule has 382 valence electrons. The van der Waals surface area contributed by atoms with E-state index in [0.717, 1.165) is 113 Å². The number of hydrogen-bond donors (Lipinski definition) is 0. The van der Waals surface area contributed by atoms with Gasteiger partial charge in [0.1, 0.15) is 11.5 Å². The lowest BCUT2D eigenvalue weighted by Gasteiger charge is -2.18. The number of ether oxygens (including phenoxy) is 2. The minimum Gasteiger partial charge on any atom is -0.493 e. The minimum absolute atomic E-state index is 0.0429. The molecule has 7 aromatic rings. The smallest absolute Gasteiger partial charge is 0.204 e. The van der Waals surface area contributed by atoms with Crippen LogP contribution in [0.3, 0.4) is 0 Å². The van der Waals surface area contributed by atoms with Crippen LogP contribution in [0.25, 0.3) is 61.3 Å². The number of thiophene rings is 5. The van der Waals surface area contributed by atoms with Crippen LogP contribution in [0.15, 0.2) is 84.9 Å². The summed E-state index contributed by atoms with van der Waals surface area (Å²) in [5.74, 6) is 8.59. The van der Waals surface area contributed by atoms with Gasteiger partial charge < -0.3 is 14.0 Å². The van der Waals surface area contributed by atoms with Crippen molar-refractivity contribution in [2.75, 3.05) is 26.5 Å². The summed E-state index contributed by atoms with van der Waals surface area (Å²) in [6, 6.07) is 30.6. The fourth-order valence-electron chi connectivity index (χ4n) is 8.74. The van der Waals surface area contributed by atoms with Gasteiger partial charge in [-0.3, -0.25) is 9.13 Å². The molecule has 0 aliphatic rings. The fourth-order valence-corrected chi connectivity index (χ4v) is 16.1. The zero-order valence-electron chi connectivity index (χ0n) is 42.8. The minimum atomic E-state index is -2.98. The van der Waals surface area contributed by atoms with Crippen LogP contribution in [-0.2, 0) is 26.0 Å². The lowest BCUT2D eigenvalue weighted by atomic mass is 9.98. The van der Waals surface area contributed by atoms with E-state index >= 15 is 0 Å². The first-order valence-electron chi connectivity index (χ1n) is 26.0. The largest absolute Gasteiger partial charge is 0.493 e. The van der Waals surface area contributed by atoms with E-state index in [9.17, 15) is 9.13 Å². The highest BCUT2D eigenvalue weighted by molar-refractivity contribution is 7.57. The number of benzene rings is 2. The van der Waals surface area contributed by atoms with Gasteiger partial charge in [0, 0.05) is 67.8 Å². The highest BCUT2D eigenvalue weighted by Gasteiger charge is 2.24. The quantitative estimate of drug-likeness (QED) is 0.0255. The van der Waals surface area contributed by atoms with Crippen LogP contribution in [0.1, 0.15) is 140 Å². The van der Waals surface area contributed by atoms with E-state index in [2.05, 4.69) is 127 Å². The van der Waals surface area contributed by atoms with Crippen LogP contribution in [0.5, 0.6) is 11.5 Å². The first kappa shape index (κ1) is 56.5. The second-order valence-electron chi connectivity index (χ2n) is 18.4. The normalized spacial score (nSPS) is 12.3. The predicted octanol–water partition coefficient (Wildman–Crippen LogP) is 20.8. The highest BCUT2D eigenvalue weighted by atomic mass is 32.1. The van der Waals surface area contributed by atoms with Crippen LogP contribution >= 0.6 is 81.8 Å². The fraction of sp³-hybridized carbons (Fsp3) is 0.424. The standard InChI is InChI=1S/C59H71O5P3S5/c1-6-10-13-16-17-18-19-20-23-44-24-25-55(68-44)56-29-27-52(70-56)46-36-42(40-66-60)45(37-43(46)41-67(5,61)64-9-4)51-26-30-57(69-51)58-31-28-53(71-58)47-38-50(63-35-22-15-12-8-3)48(54-32-33-59(65)72-54)39-49(47)62-34-21-14-11-7-2/h24-33,36-39H,6-19,21-22,34-35,40-41,65H2,1-5H3. The lowest BCUT2D eigenvalue weighted by Crippen LogP contribution is -2.02. The van der Waals surface area contributed by atoms with Gasteiger partial charge in [0.2, 0.25) is 7.37 Å². The van der Waals surface area contributed by atoms with Crippen molar-refractivity contribution in [1.82, 2.24) is 0 Å². The zero-order chi connectivity index (χ0) is 50.7. The van der Waals surface area contributed by atoms with Gasteiger partial charge in [-0.15, -0.1) is 56.7 Å². The Hall–Kier alpha value is -3.18. The Morgan fingerprint density at radius 1 is 0.528 bits per heavy atom. The Balaban J connectivity index is 1.19. The molecular formula is C59H71O5P3S5. The summed E-state index contributed by atoms with van der Waals surface area (Å²) in [5, 5.41) is 0. The SMILES string of the molecule is CCCCCCCCC#Cc1ccc(-c2ccc(-c3cc(CP=O)c(-c4ccc(-c5ccc(-c6cc(OCCCCCC)c(-c7ccc(P)s7)cc6OCCCCCC)s5)s4)cc3CP(C)(=O)OCC)s2)s1. The van der Waals surface area contributed by atoms with Gasteiger partial charge in [0.25, 0.3) is 0 Å². The van der Waals surface area contributed by atoms with Crippen molar-refractivity contribution in [1.29, 1.82) is 0 Å². The summed E-state index contributed by atoms with van der Waals surface area (Å²) >= 11 is 8.71. The number of unbranched alkanes of at least 4 members (excludes halogenated alkanes) is 12. The van der Waals surface area contributed by atoms with Crippen molar-refractivity contribution >= 4 is 86.4 Å². The molecule has 2 atom stereocenters. The van der Waals surface area contributed by atoms with Crippen molar-refractivity contribution in [3.05, 3.63) is 101 Å². The molecule has 5 nitrogen and oxygen atoms in total. The van der Waals surface area contributed by atoms with Crippen LogP contribution in [0, 0.1) is 11.8 Å². The molecule has 5 heterocycles. The number of hydrogen-bond acceptors (Lipinski definition) is 10. The molecule has 0 N–H and O–H groups in total. The van der Waals surface area contributed by atoms with Gasteiger partial charge >= 0.3 is 0 Å². The highest BCUT2D eigenvalue weighted by Crippen LogP contribution is 2.52. The molecule has 7 rings (SSSR count). The molecule has 0 aliphatic heterocycles. The second-order valence-corrected chi connectivity index (χ2v) is 28.1. The van der Waals surface area contributed by atoms with Gasteiger partial charge in [-0.2, -0.15) is 0 Å². The van der Waals surface area contributed by atoms with Gasteiger partial charge in [-0.1, -0.05) is 112 Å². The van der Waals surface area contributed by atoms with E-state index in [1.54, 1.807) is 63.3 Å². The summed E-state index contributed by atoms with van der Waals surface area (Å²) in [6.07, 6.45) is 18.4. The summed E-state index contributed by atoms with van der Waals surface area (Å²) in [5.41, 5.74) is 6.11. The lowest BCUT2D eigenvalue weighted by molar-refractivity contribution is 0.299. The van der Waals surface area contributed by atoms with Crippen LogP contribution in [0.2, 0.25) is 0 Å². The molecule has 2 unspecified atom stereocenters. The first-order chi connectivity index (χ1) is 35.1. The molecule has 0 saturated carbocycles. The molecule has 0 spiro atoms. The van der Waals surface area contributed by atoms with E-state index in [1.807, 2.05) is 6.92 Å². The average Bonchev–Trinajstić information content (AvgIpc) is 4.24. The monoisotopic (exact) mass is 1110 g/mol. The third kappa shape index (κ3) is 16.2. The van der Waals surface area contributed by atoms with Crippen molar-refractivity contribution in [2.45, 2.75) is 136 Å². The molecule has 72 heavy (non-hydrogen) atoms. The summed E-state index contributed by atoms with van der Waals surface area (Å²) in [6.45, 7) is 12.1. The van der Waals surface area contributed by atoms with E-state index in [0.29, 0.717) is 32.1 Å². The second kappa shape index (κ2) is 29.2. The molecule has 0 aliphatic carbocycles. The van der Waals surface area contributed by atoms with E-state index in [-0.39, 0.29) is 8.46 Å². The molecule has 0 fully saturated rings. The van der Waals surface area contributed by atoms with E-state index in [1.165, 1.54) is 77.0 Å². The topological polar surface area (TPSA) is 61.8 Å². The van der Waals surface area contributed by atoms with Gasteiger partial charge in [-0.25, -0.2) is 0 Å². The van der Waals surface area contributed by atoms with E-state index in [4.69, 9.17) is 14.0 Å². The molecule has 0 saturated heterocycles. The van der Waals surface area contributed by atoms with Crippen LogP contribution < -0.4 is 14.1 Å². The number of rotatable bonds is 30. The molecule has 0 bridgehead atoms. The zero-order valence-corrected chi connectivity index (χ0v) is 49.8. The molecule has 5 aromatic heterocycles. The van der Waals surface area contributed by atoms with Crippen molar-refractivity contribution in [3.63, 3.8) is 0 Å².